The number of tetrazole rings is 1. The van der Waals surface area contributed by atoms with Crippen molar-refractivity contribution in [3.8, 4) is 22.9 Å². The van der Waals surface area contributed by atoms with Gasteiger partial charge in [0.05, 0.1) is 13.2 Å². The molecule has 0 aliphatic rings. The monoisotopic (exact) mass is 454 g/mol. The van der Waals surface area contributed by atoms with Gasteiger partial charge >= 0.3 is 0 Å². The number of hydrogen-bond donors (Lipinski definition) is 1. The average molecular weight is 455 g/mol. The first-order valence-corrected chi connectivity index (χ1v) is 12.2. The van der Waals surface area contributed by atoms with Gasteiger partial charge in [-0.15, -0.1) is 10.2 Å². The summed E-state index contributed by atoms with van der Waals surface area (Å²) in [7, 11) is 0. The van der Waals surface area contributed by atoms with Gasteiger partial charge in [0.25, 0.3) is 0 Å². The molecular weight excluding hydrogens is 412 g/mol. The molecule has 0 amide bonds. The predicted octanol–water partition coefficient (Wildman–Crippen LogP) is 7.17. The molecular formula is C27H42N4O2. The number of aromatic nitrogens is 4. The van der Waals surface area contributed by atoms with Crippen molar-refractivity contribution in [1.29, 1.82) is 0 Å². The number of H-pyrrole nitrogens is 1. The van der Waals surface area contributed by atoms with Crippen molar-refractivity contribution in [3.05, 3.63) is 41.5 Å². The summed E-state index contributed by atoms with van der Waals surface area (Å²) in [5, 5.41) is 14.3. The molecule has 2 aromatic rings. The Morgan fingerprint density at radius 3 is 1.94 bits per heavy atom. The average Bonchev–Trinajstić information content (AvgIpc) is 3.29. The summed E-state index contributed by atoms with van der Waals surface area (Å²) in [4.78, 5) is 0. The summed E-state index contributed by atoms with van der Waals surface area (Å²) in [5.74, 6) is 3.29. The Balaban J connectivity index is 1.93. The minimum Gasteiger partial charge on any atom is -0.490 e. The number of nitrogens with one attached hydrogen (secondary N) is 1. The zero-order valence-corrected chi connectivity index (χ0v) is 21.4. The number of benzene rings is 1. The number of allylic oxidation sites excluding steroid dienone is 4. The third-order valence-corrected chi connectivity index (χ3v) is 5.71. The molecule has 2 rings (SSSR count). The van der Waals surface area contributed by atoms with Gasteiger partial charge in [0.15, 0.2) is 11.5 Å². The second kappa shape index (κ2) is 14.5. The van der Waals surface area contributed by atoms with E-state index in [2.05, 4.69) is 74.3 Å². The van der Waals surface area contributed by atoms with Gasteiger partial charge in [-0.1, -0.05) is 37.1 Å². The standard InChI is InChI=1S/C27H42N4O2/c1-20(2)9-7-11-22(5)15-17-32-25-14-13-24(27-28-30-31-29-27)19-26(25)33-18-16-23(6)12-8-10-21(3)4/h9-10,13-14,19,22-23H,7-8,11-12,15-18H2,1-6H3,(H,28,29,30,31)/t22-,23-/m0/s1. The van der Waals surface area contributed by atoms with Crippen LogP contribution in [0.4, 0.5) is 0 Å². The lowest BCUT2D eigenvalue weighted by molar-refractivity contribution is 0.240. The minimum atomic E-state index is 0.550. The van der Waals surface area contributed by atoms with E-state index in [9.17, 15) is 0 Å². The highest BCUT2D eigenvalue weighted by atomic mass is 16.5. The van der Waals surface area contributed by atoms with Crippen LogP contribution in [-0.2, 0) is 0 Å². The topological polar surface area (TPSA) is 72.9 Å². The summed E-state index contributed by atoms with van der Waals surface area (Å²) in [6.07, 6.45) is 11.2. The van der Waals surface area contributed by atoms with Gasteiger partial charge < -0.3 is 9.47 Å². The van der Waals surface area contributed by atoms with E-state index in [1.807, 2.05) is 18.2 Å². The lowest BCUT2D eigenvalue weighted by atomic mass is 10.0. The van der Waals surface area contributed by atoms with Crippen molar-refractivity contribution in [1.82, 2.24) is 20.6 Å². The molecule has 2 atom stereocenters. The molecule has 0 aliphatic heterocycles. The van der Waals surface area contributed by atoms with Crippen molar-refractivity contribution in [3.63, 3.8) is 0 Å². The lowest BCUT2D eigenvalue weighted by Crippen LogP contribution is -2.08. The molecule has 0 spiro atoms. The van der Waals surface area contributed by atoms with Crippen molar-refractivity contribution in [2.24, 2.45) is 11.8 Å². The van der Waals surface area contributed by atoms with E-state index in [0.717, 1.165) is 42.7 Å². The minimum absolute atomic E-state index is 0.550. The maximum Gasteiger partial charge on any atom is 0.204 e. The van der Waals surface area contributed by atoms with Gasteiger partial charge in [0.2, 0.25) is 5.82 Å². The molecule has 0 fully saturated rings. The largest absolute Gasteiger partial charge is 0.490 e. The van der Waals surface area contributed by atoms with E-state index < -0.39 is 0 Å². The SMILES string of the molecule is CC(C)=CCC[C@H](C)CCOc1ccc(-c2nn[nH]n2)cc1OCC[C@@H](C)CCC=C(C)C. The quantitative estimate of drug-likeness (QED) is 0.289. The number of aromatic amines is 1. The maximum atomic E-state index is 6.19. The van der Waals surface area contributed by atoms with Gasteiger partial charge in [-0.05, 0) is 101 Å². The molecule has 6 nitrogen and oxygen atoms in total. The van der Waals surface area contributed by atoms with Crippen molar-refractivity contribution in [2.45, 2.75) is 80.1 Å². The molecule has 1 heterocycles. The summed E-state index contributed by atoms with van der Waals surface area (Å²) >= 11 is 0. The van der Waals surface area contributed by atoms with Gasteiger partial charge in [0, 0.05) is 5.56 Å². The lowest BCUT2D eigenvalue weighted by Gasteiger charge is -2.16. The molecule has 6 heteroatoms. The summed E-state index contributed by atoms with van der Waals surface area (Å²) < 4.78 is 12.3. The fourth-order valence-electron chi connectivity index (χ4n) is 3.51. The Morgan fingerprint density at radius 1 is 0.848 bits per heavy atom. The Kier molecular flexibility index (Phi) is 11.7. The molecule has 1 aromatic heterocycles. The van der Waals surface area contributed by atoms with Crippen LogP contribution in [0.1, 0.15) is 80.1 Å². The third-order valence-electron chi connectivity index (χ3n) is 5.71. The molecule has 0 radical (unpaired) electrons. The first-order valence-electron chi connectivity index (χ1n) is 12.2. The van der Waals surface area contributed by atoms with Crippen molar-refractivity contribution in [2.75, 3.05) is 13.2 Å². The molecule has 0 saturated heterocycles. The summed E-state index contributed by atoms with van der Waals surface area (Å²) in [5.41, 5.74) is 3.62. The zero-order valence-electron chi connectivity index (χ0n) is 21.4. The van der Waals surface area contributed by atoms with Crippen LogP contribution < -0.4 is 9.47 Å². The fraction of sp³-hybridized carbons (Fsp3) is 0.593. The molecule has 1 aromatic carbocycles. The molecule has 0 unspecified atom stereocenters. The number of ether oxygens (including phenoxy) is 2. The van der Waals surface area contributed by atoms with Gasteiger partial charge in [0.1, 0.15) is 0 Å². The first-order chi connectivity index (χ1) is 15.8. The second-order valence-corrected chi connectivity index (χ2v) is 9.60. The smallest absolute Gasteiger partial charge is 0.204 e. The zero-order chi connectivity index (χ0) is 24.1. The van der Waals surface area contributed by atoms with Gasteiger partial charge in [-0.3, -0.25) is 0 Å². The highest BCUT2D eigenvalue weighted by molar-refractivity contribution is 5.60. The van der Waals surface area contributed by atoms with Crippen LogP contribution >= 0.6 is 0 Å². The van der Waals surface area contributed by atoms with Crippen LogP contribution in [-0.4, -0.2) is 33.8 Å². The van der Waals surface area contributed by atoms with Crippen LogP contribution in [0.3, 0.4) is 0 Å². The Bertz CT molecular complexity index is 866. The molecule has 0 saturated carbocycles. The van der Waals surface area contributed by atoms with E-state index in [-0.39, 0.29) is 0 Å². The summed E-state index contributed by atoms with van der Waals surface area (Å²) in [6.45, 7) is 14.5. The second-order valence-electron chi connectivity index (χ2n) is 9.60. The Morgan fingerprint density at radius 2 is 1.42 bits per heavy atom. The normalized spacial score (nSPS) is 12.7. The van der Waals surface area contributed by atoms with E-state index >= 15 is 0 Å². The van der Waals surface area contributed by atoms with Crippen LogP contribution in [0.2, 0.25) is 0 Å². The van der Waals surface area contributed by atoms with Gasteiger partial charge in [-0.2, -0.15) is 5.21 Å². The highest BCUT2D eigenvalue weighted by Gasteiger charge is 2.12. The van der Waals surface area contributed by atoms with Crippen molar-refractivity contribution >= 4 is 0 Å². The Labute approximate surface area is 199 Å². The van der Waals surface area contributed by atoms with E-state index in [1.54, 1.807) is 0 Å². The van der Waals surface area contributed by atoms with E-state index in [4.69, 9.17) is 9.47 Å². The van der Waals surface area contributed by atoms with E-state index in [0.29, 0.717) is 30.9 Å². The maximum absolute atomic E-state index is 6.19. The number of rotatable bonds is 15. The highest BCUT2D eigenvalue weighted by Crippen LogP contribution is 2.32. The fourth-order valence-corrected chi connectivity index (χ4v) is 3.51. The Hall–Kier alpha value is -2.63. The molecule has 182 valence electrons. The molecule has 0 bridgehead atoms. The molecule has 1 N–H and O–H groups in total. The third kappa shape index (κ3) is 10.7. The predicted molar refractivity (Wildman–Crippen MR) is 135 cm³/mol. The number of hydrogen-bond acceptors (Lipinski definition) is 5. The van der Waals surface area contributed by atoms with Gasteiger partial charge in [-0.25, -0.2) is 0 Å². The van der Waals surface area contributed by atoms with E-state index in [1.165, 1.54) is 24.0 Å². The summed E-state index contributed by atoms with van der Waals surface area (Å²) in [6, 6.07) is 5.85. The number of nitrogens with zero attached hydrogens (tertiary/aromatic N) is 3. The molecule has 0 aliphatic carbocycles. The first kappa shape index (κ1) is 26.6. The van der Waals surface area contributed by atoms with Crippen molar-refractivity contribution < 1.29 is 9.47 Å². The molecule has 33 heavy (non-hydrogen) atoms. The van der Waals surface area contributed by atoms with Crippen LogP contribution in [0, 0.1) is 11.8 Å². The van der Waals surface area contributed by atoms with Crippen LogP contribution in [0.25, 0.3) is 11.4 Å². The van der Waals surface area contributed by atoms with Crippen LogP contribution in [0.15, 0.2) is 41.5 Å². The van der Waals surface area contributed by atoms with Crippen LogP contribution in [0.5, 0.6) is 11.5 Å².